The Morgan fingerprint density at radius 2 is 2.20 bits per heavy atom. The van der Waals surface area contributed by atoms with Gasteiger partial charge < -0.3 is 4.90 Å². The van der Waals surface area contributed by atoms with Gasteiger partial charge in [0.1, 0.15) is 0 Å². The molecule has 0 atom stereocenters. The standard InChI is InChI=1S/C11H11ClINO/c1-7-5-14(6-7)11(15)9-3-2-8(13)4-10(9)12/h2-4,7H,5-6H2,1H3. The number of hydrogen-bond donors (Lipinski definition) is 0. The molecular formula is C11H11ClINO. The number of hydrogen-bond acceptors (Lipinski definition) is 1. The predicted molar refractivity (Wildman–Crippen MR) is 69.2 cm³/mol. The van der Waals surface area contributed by atoms with Crippen LogP contribution in [-0.2, 0) is 0 Å². The Morgan fingerprint density at radius 1 is 1.53 bits per heavy atom. The van der Waals surface area contributed by atoms with Gasteiger partial charge in [0.15, 0.2) is 0 Å². The van der Waals surface area contributed by atoms with Crippen LogP contribution in [0.1, 0.15) is 17.3 Å². The highest BCUT2D eigenvalue weighted by Crippen LogP contribution is 2.24. The molecule has 0 saturated carbocycles. The van der Waals surface area contributed by atoms with Crippen LogP contribution >= 0.6 is 34.2 Å². The molecule has 0 N–H and O–H groups in total. The maximum Gasteiger partial charge on any atom is 0.255 e. The summed E-state index contributed by atoms with van der Waals surface area (Å²) in [5.41, 5.74) is 0.615. The Morgan fingerprint density at radius 3 is 2.73 bits per heavy atom. The molecule has 0 unspecified atom stereocenters. The second kappa shape index (κ2) is 4.29. The van der Waals surface area contributed by atoms with E-state index in [1.165, 1.54) is 0 Å². The van der Waals surface area contributed by atoms with E-state index in [4.69, 9.17) is 11.6 Å². The van der Waals surface area contributed by atoms with E-state index in [9.17, 15) is 4.79 Å². The Hall–Kier alpha value is -0.290. The quantitative estimate of drug-likeness (QED) is 0.723. The molecule has 1 aromatic carbocycles. The lowest BCUT2D eigenvalue weighted by Gasteiger charge is -2.37. The average Bonchev–Trinajstić information content (AvgIpc) is 2.12. The maximum atomic E-state index is 11.9. The zero-order valence-electron chi connectivity index (χ0n) is 8.34. The minimum atomic E-state index is 0.0505. The molecule has 0 radical (unpaired) electrons. The molecule has 0 aromatic heterocycles. The highest BCUT2D eigenvalue weighted by molar-refractivity contribution is 14.1. The van der Waals surface area contributed by atoms with E-state index in [0.29, 0.717) is 16.5 Å². The molecule has 0 bridgehead atoms. The number of nitrogens with zero attached hydrogens (tertiary/aromatic N) is 1. The third-order valence-electron chi connectivity index (χ3n) is 2.51. The predicted octanol–water partition coefficient (Wildman–Crippen LogP) is 3.04. The van der Waals surface area contributed by atoms with E-state index in [1.54, 1.807) is 6.07 Å². The van der Waals surface area contributed by atoms with Gasteiger partial charge in [0.2, 0.25) is 0 Å². The highest BCUT2D eigenvalue weighted by Gasteiger charge is 2.28. The summed E-state index contributed by atoms with van der Waals surface area (Å²) >= 11 is 8.21. The second-order valence-corrected chi connectivity index (χ2v) is 5.59. The average molecular weight is 336 g/mol. The summed E-state index contributed by atoms with van der Waals surface area (Å²) in [6.07, 6.45) is 0. The number of benzene rings is 1. The van der Waals surface area contributed by atoms with Gasteiger partial charge in [-0.15, -0.1) is 0 Å². The normalized spacial score (nSPS) is 16.3. The minimum Gasteiger partial charge on any atom is -0.338 e. The first-order chi connectivity index (χ1) is 7.08. The Bertz CT molecular complexity index is 402. The summed E-state index contributed by atoms with van der Waals surface area (Å²) in [6, 6.07) is 5.52. The van der Waals surface area contributed by atoms with Gasteiger partial charge in [-0.2, -0.15) is 0 Å². The largest absolute Gasteiger partial charge is 0.338 e. The molecule has 2 nitrogen and oxygen atoms in total. The molecule has 1 aromatic rings. The molecule has 15 heavy (non-hydrogen) atoms. The van der Waals surface area contributed by atoms with Crippen LogP contribution in [0, 0.1) is 9.49 Å². The molecule has 2 rings (SSSR count). The monoisotopic (exact) mass is 335 g/mol. The van der Waals surface area contributed by atoms with Gasteiger partial charge in [0.25, 0.3) is 5.91 Å². The molecule has 1 heterocycles. The summed E-state index contributed by atoms with van der Waals surface area (Å²) in [5, 5.41) is 0.548. The fraction of sp³-hybridized carbons (Fsp3) is 0.364. The summed E-state index contributed by atoms with van der Waals surface area (Å²) < 4.78 is 1.05. The molecule has 1 aliphatic heterocycles. The molecule has 1 fully saturated rings. The Kier molecular flexibility index (Phi) is 3.21. The van der Waals surface area contributed by atoms with Gasteiger partial charge in [-0.1, -0.05) is 18.5 Å². The Labute approximate surface area is 108 Å². The number of rotatable bonds is 1. The van der Waals surface area contributed by atoms with Crippen molar-refractivity contribution in [3.8, 4) is 0 Å². The van der Waals surface area contributed by atoms with Gasteiger partial charge in [0, 0.05) is 16.7 Å². The van der Waals surface area contributed by atoms with Crippen LogP contribution in [0.4, 0.5) is 0 Å². The lowest BCUT2D eigenvalue weighted by atomic mass is 10.0. The SMILES string of the molecule is CC1CN(C(=O)c2ccc(I)cc2Cl)C1. The van der Waals surface area contributed by atoms with Crippen molar-refractivity contribution >= 4 is 40.1 Å². The molecule has 80 valence electrons. The van der Waals surface area contributed by atoms with Crippen molar-refractivity contribution in [2.24, 2.45) is 5.92 Å². The van der Waals surface area contributed by atoms with Gasteiger partial charge in [-0.05, 0) is 46.7 Å². The first kappa shape index (κ1) is 11.2. The summed E-state index contributed by atoms with van der Waals surface area (Å²) in [7, 11) is 0. The van der Waals surface area contributed by atoms with Crippen LogP contribution in [-0.4, -0.2) is 23.9 Å². The van der Waals surface area contributed by atoms with Crippen molar-refractivity contribution in [1.29, 1.82) is 0 Å². The van der Waals surface area contributed by atoms with E-state index in [-0.39, 0.29) is 5.91 Å². The summed E-state index contributed by atoms with van der Waals surface area (Å²) in [4.78, 5) is 13.8. The van der Waals surface area contributed by atoms with E-state index in [2.05, 4.69) is 29.5 Å². The lowest BCUT2D eigenvalue weighted by molar-refractivity contribution is 0.0530. The zero-order valence-corrected chi connectivity index (χ0v) is 11.2. The van der Waals surface area contributed by atoms with Crippen molar-refractivity contribution in [2.75, 3.05) is 13.1 Å². The number of carbonyl (C=O) groups is 1. The molecule has 0 aliphatic carbocycles. The first-order valence-electron chi connectivity index (χ1n) is 4.82. The number of likely N-dealkylation sites (tertiary alicyclic amines) is 1. The molecule has 1 amide bonds. The smallest absolute Gasteiger partial charge is 0.255 e. The maximum absolute atomic E-state index is 11.9. The first-order valence-corrected chi connectivity index (χ1v) is 6.28. The van der Waals surface area contributed by atoms with Crippen LogP contribution in [0.3, 0.4) is 0 Å². The highest BCUT2D eigenvalue weighted by atomic mass is 127. The Balaban J connectivity index is 2.19. The molecule has 1 saturated heterocycles. The topological polar surface area (TPSA) is 20.3 Å². The van der Waals surface area contributed by atoms with E-state index >= 15 is 0 Å². The van der Waals surface area contributed by atoms with Crippen LogP contribution < -0.4 is 0 Å². The van der Waals surface area contributed by atoms with Gasteiger partial charge >= 0.3 is 0 Å². The van der Waals surface area contributed by atoms with Gasteiger partial charge in [-0.3, -0.25) is 4.79 Å². The zero-order chi connectivity index (χ0) is 11.0. The van der Waals surface area contributed by atoms with Crippen LogP contribution in [0.25, 0.3) is 0 Å². The third kappa shape index (κ3) is 2.28. The fourth-order valence-corrected chi connectivity index (χ4v) is 2.63. The van der Waals surface area contributed by atoms with Crippen molar-refractivity contribution in [3.05, 3.63) is 32.4 Å². The van der Waals surface area contributed by atoms with Crippen molar-refractivity contribution in [3.63, 3.8) is 0 Å². The summed E-state index contributed by atoms with van der Waals surface area (Å²) in [5.74, 6) is 0.672. The van der Waals surface area contributed by atoms with Crippen molar-refractivity contribution in [2.45, 2.75) is 6.92 Å². The second-order valence-electron chi connectivity index (χ2n) is 3.94. The minimum absolute atomic E-state index is 0.0505. The van der Waals surface area contributed by atoms with Crippen molar-refractivity contribution in [1.82, 2.24) is 4.90 Å². The molecule has 1 aliphatic rings. The van der Waals surface area contributed by atoms with Crippen LogP contribution in [0.15, 0.2) is 18.2 Å². The lowest BCUT2D eigenvalue weighted by Crippen LogP contribution is -2.48. The van der Waals surface area contributed by atoms with Gasteiger partial charge in [-0.25, -0.2) is 0 Å². The third-order valence-corrected chi connectivity index (χ3v) is 3.50. The molecule has 4 heteroatoms. The molecule has 0 spiro atoms. The van der Waals surface area contributed by atoms with Crippen molar-refractivity contribution < 1.29 is 4.79 Å². The number of carbonyl (C=O) groups excluding carboxylic acids is 1. The van der Waals surface area contributed by atoms with Crippen LogP contribution in [0.5, 0.6) is 0 Å². The molecular weight excluding hydrogens is 324 g/mol. The van der Waals surface area contributed by atoms with Gasteiger partial charge in [0.05, 0.1) is 10.6 Å². The van der Waals surface area contributed by atoms with E-state index < -0.39 is 0 Å². The van der Waals surface area contributed by atoms with E-state index in [0.717, 1.165) is 16.7 Å². The number of halogens is 2. The fourth-order valence-electron chi connectivity index (χ4n) is 1.70. The summed E-state index contributed by atoms with van der Waals surface area (Å²) in [6.45, 7) is 3.83. The van der Waals surface area contributed by atoms with E-state index in [1.807, 2.05) is 17.0 Å². The number of amides is 1. The van der Waals surface area contributed by atoms with Crippen LogP contribution in [0.2, 0.25) is 5.02 Å².